The molecule has 0 bridgehead atoms. The average molecular weight is 634 g/mol. The van der Waals surface area contributed by atoms with Crippen molar-refractivity contribution in [2.45, 2.75) is 31.0 Å². The minimum atomic E-state index is -4.36. The van der Waals surface area contributed by atoms with E-state index in [0.29, 0.717) is 57.4 Å². The molecule has 1 fully saturated rings. The number of benzene rings is 2. The van der Waals surface area contributed by atoms with E-state index in [1.165, 1.54) is 34.4 Å². The molecule has 4 heterocycles. The van der Waals surface area contributed by atoms with E-state index < -0.39 is 17.4 Å². The number of pyridine rings is 1. The van der Waals surface area contributed by atoms with E-state index in [1.807, 2.05) is 12.1 Å². The van der Waals surface area contributed by atoms with Crippen molar-refractivity contribution in [2.24, 2.45) is 0 Å². The number of aromatic nitrogens is 6. The zero-order valence-electron chi connectivity index (χ0n) is 24.9. The fourth-order valence-corrected chi connectivity index (χ4v) is 5.58. The Labute approximate surface area is 259 Å². The minimum absolute atomic E-state index is 0.00174. The topological polar surface area (TPSA) is 100 Å². The number of nitrogens with one attached hydrogen (secondary N) is 1. The molecule has 10 nitrogen and oxygen atoms in total. The Hall–Kier alpha value is -5.40. The first-order valence-electron chi connectivity index (χ1n) is 14.3. The van der Waals surface area contributed by atoms with Crippen LogP contribution in [0.2, 0.25) is 0 Å². The molecule has 0 aliphatic heterocycles. The van der Waals surface area contributed by atoms with Crippen LogP contribution in [-0.2, 0) is 12.0 Å². The Morgan fingerprint density at radius 1 is 0.957 bits per heavy atom. The Bertz CT molecular complexity index is 2150. The van der Waals surface area contributed by atoms with Gasteiger partial charge in [0.25, 0.3) is 0 Å². The lowest BCUT2D eigenvalue weighted by molar-refractivity contribution is -0.162. The lowest BCUT2D eigenvalue weighted by atomic mass is 10.1. The van der Waals surface area contributed by atoms with Crippen LogP contribution < -0.4 is 19.5 Å². The van der Waals surface area contributed by atoms with Gasteiger partial charge >= 0.3 is 6.18 Å². The van der Waals surface area contributed by atoms with Gasteiger partial charge in [0.05, 0.1) is 38.4 Å². The van der Waals surface area contributed by atoms with Crippen LogP contribution in [0.1, 0.15) is 35.6 Å². The molecule has 236 valence electrons. The summed E-state index contributed by atoms with van der Waals surface area (Å²) in [6.07, 6.45) is 2.12. The number of anilines is 1. The van der Waals surface area contributed by atoms with Crippen molar-refractivity contribution in [2.75, 3.05) is 26.6 Å². The summed E-state index contributed by atoms with van der Waals surface area (Å²) in [6, 6.07) is 11.4. The molecule has 1 aliphatic rings. The monoisotopic (exact) mass is 633 g/mol. The summed E-state index contributed by atoms with van der Waals surface area (Å²) in [5.41, 5.74) is 0.901. The van der Waals surface area contributed by atoms with Gasteiger partial charge in [-0.15, -0.1) is 5.10 Å². The molecule has 1 saturated carbocycles. The average Bonchev–Trinajstić information content (AvgIpc) is 3.58. The third-order valence-electron chi connectivity index (χ3n) is 8.18. The van der Waals surface area contributed by atoms with Crippen LogP contribution in [0.3, 0.4) is 0 Å². The lowest BCUT2D eigenvalue weighted by Crippen LogP contribution is -2.30. The van der Waals surface area contributed by atoms with E-state index in [-0.39, 0.29) is 24.4 Å². The molecule has 0 saturated heterocycles. The number of ether oxygens (including phenoxy) is 3. The number of fused-ring (bicyclic) bond motifs is 4. The Balaban J connectivity index is 1.25. The Kier molecular flexibility index (Phi) is 6.94. The highest BCUT2D eigenvalue weighted by atomic mass is 19.4. The zero-order chi connectivity index (χ0) is 32.2. The maximum Gasteiger partial charge on any atom is 0.401 e. The number of hydrogen-bond acceptors (Lipinski definition) is 8. The van der Waals surface area contributed by atoms with Gasteiger partial charge in [-0.05, 0) is 54.8 Å². The number of imidazole rings is 1. The van der Waals surface area contributed by atoms with E-state index in [1.54, 1.807) is 50.8 Å². The number of hydrogen-bond donors (Lipinski definition) is 1. The molecule has 0 unspecified atom stereocenters. The minimum Gasteiger partial charge on any atom is -0.497 e. The Morgan fingerprint density at radius 3 is 2.48 bits per heavy atom. The van der Waals surface area contributed by atoms with Crippen molar-refractivity contribution in [1.82, 2.24) is 29.0 Å². The third kappa shape index (κ3) is 4.89. The van der Waals surface area contributed by atoms with Crippen LogP contribution in [0, 0.1) is 5.82 Å². The highest BCUT2D eigenvalue weighted by Gasteiger charge is 2.66. The molecule has 0 spiro atoms. The maximum absolute atomic E-state index is 14.6. The first kappa shape index (κ1) is 29.3. The predicted molar refractivity (Wildman–Crippen MR) is 163 cm³/mol. The fraction of sp³-hybridized carbons (Fsp3) is 0.250. The van der Waals surface area contributed by atoms with E-state index in [9.17, 15) is 17.6 Å². The van der Waals surface area contributed by atoms with Gasteiger partial charge in [-0.2, -0.15) is 17.7 Å². The van der Waals surface area contributed by atoms with Crippen molar-refractivity contribution >= 4 is 40.2 Å². The number of alkyl halides is 3. The number of nitrogens with zero attached hydrogens (tertiary/aromatic N) is 6. The van der Waals surface area contributed by atoms with E-state index in [0.717, 1.165) is 5.56 Å². The second-order valence-electron chi connectivity index (χ2n) is 10.9. The van der Waals surface area contributed by atoms with Gasteiger partial charge in [-0.1, -0.05) is 6.08 Å². The molecular weight excluding hydrogens is 606 g/mol. The molecule has 0 atom stereocenters. The highest BCUT2D eigenvalue weighted by molar-refractivity contribution is 5.96. The molecule has 14 heteroatoms. The predicted octanol–water partition coefficient (Wildman–Crippen LogP) is 6.47. The van der Waals surface area contributed by atoms with Gasteiger partial charge in [0, 0.05) is 30.4 Å². The summed E-state index contributed by atoms with van der Waals surface area (Å²) in [4.78, 5) is 13.5. The summed E-state index contributed by atoms with van der Waals surface area (Å²) in [5.74, 6) is 1.58. The van der Waals surface area contributed by atoms with Gasteiger partial charge in [0.15, 0.2) is 11.5 Å². The van der Waals surface area contributed by atoms with E-state index in [4.69, 9.17) is 19.2 Å². The second kappa shape index (κ2) is 10.9. The van der Waals surface area contributed by atoms with Crippen LogP contribution in [-0.4, -0.2) is 56.5 Å². The SMILES string of the molecule is COc1ccc(CNc2nc3c(OC)cc(F)cc3c3nc(/C=C/c4ccn5c(C6(C(F)(F)F)CC6)ncc5c4)nn23)c(OC)c1. The second-order valence-corrected chi connectivity index (χ2v) is 10.9. The molecule has 4 aromatic heterocycles. The summed E-state index contributed by atoms with van der Waals surface area (Å²) < 4.78 is 75.0. The molecule has 7 rings (SSSR count). The number of rotatable bonds is 9. The maximum atomic E-state index is 14.6. The lowest BCUT2D eigenvalue weighted by Gasteiger charge is -2.18. The first-order valence-corrected chi connectivity index (χ1v) is 14.3. The summed E-state index contributed by atoms with van der Waals surface area (Å²) in [5, 5.41) is 8.28. The summed E-state index contributed by atoms with van der Waals surface area (Å²) >= 11 is 0. The summed E-state index contributed by atoms with van der Waals surface area (Å²) in [7, 11) is 4.57. The fourth-order valence-electron chi connectivity index (χ4n) is 5.58. The van der Waals surface area contributed by atoms with E-state index in [2.05, 4.69) is 20.4 Å². The van der Waals surface area contributed by atoms with Crippen LogP contribution in [0.4, 0.5) is 23.5 Å². The van der Waals surface area contributed by atoms with Crippen molar-refractivity contribution in [3.8, 4) is 17.2 Å². The van der Waals surface area contributed by atoms with Gasteiger partial charge in [-0.25, -0.2) is 19.3 Å². The number of methoxy groups -OCH3 is 3. The van der Waals surface area contributed by atoms with Crippen LogP contribution in [0.5, 0.6) is 17.2 Å². The van der Waals surface area contributed by atoms with Crippen molar-refractivity contribution in [3.63, 3.8) is 0 Å². The van der Waals surface area contributed by atoms with Gasteiger partial charge in [0.2, 0.25) is 5.95 Å². The largest absolute Gasteiger partial charge is 0.497 e. The van der Waals surface area contributed by atoms with Gasteiger partial charge in [-0.3, -0.25) is 0 Å². The standard InChI is InChI=1S/C32H27F4N7O3/c1-44-22-6-5-19(24(15-22)45-2)16-38-30-40-27-23(13-20(33)14-25(27)46-3)28-39-26(41-43(28)30)7-4-18-8-11-42-21(12-18)17-37-29(42)31(9-10-31)32(34,35)36/h4-8,11-15,17H,9-10,16H2,1-3H3,(H,38,40)/b7-4+. The van der Waals surface area contributed by atoms with Gasteiger partial charge in [0.1, 0.15) is 39.8 Å². The van der Waals surface area contributed by atoms with Crippen LogP contribution >= 0.6 is 0 Å². The molecule has 0 amide bonds. The molecule has 46 heavy (non-hydrogen) atoms. The molecule has 6 aromatic rings. The summed E-state index contributed by atoms with van der Waals surface area (Å²) in [6.45, 7) is 0.304. The third-order valence-corrected chi connectivity index (χ3v) is 8.18. The molecule has 0 radical (unpaired) electrons. The molecular formula is C32H27F4N7O3. The highest BCUT2D eigenvalue weighted by Crippen LogP contribution is 2.58. The normalized spacial score (nSPS) is 14.4. The van der Waals surface area contributed by atoms with Crippen LogP contribution in [0.25, 0.3) is 34.2 Å². The number of halogens is 4. The smallest absolute Gasteiger partial charge is 0.401 e. The zero-order valence-corrected chi connectivity index (χ0v) is 24.9. The molecule has 1 N–H and O–H groups in total. The van der Waals surface area contributed by atoms with E-state index >= 15 is 0 Å². The van der Waals surface area contributed by atoms with Gasteiger partial charge < -0.3 is 23.9 Å². The van der Waals surface area contributed by atoms with Crippen molar-refractivity contribution in [1.29, 1.82) is 0 Å². The van der Waals surface area contributed by atoms with Crippen LogP contribution in [0.15, 0.2) is 54.9 Å². The van der Waals surface area contributed by atoms with Crippen molar-refractivity contribution < 1.29 is 31.8 Å². The molecule has 1 aliphatic carbocycles. The quantitative estimate of drug-likeness (QED) is 0.181. The van der Waals surface area contributed by atoms with Crippen molar-refractivity contribution in [3.05, 3.63) is 83.5 Å². The molecule has 2 aromatic carbocycles. The Morgan fingerprint density at radius 2 is 1.76 bits per heavy atom. The first-order chi connectivity index (χ1) is 22.1.